The Balaban J connectivity index is 0.000000303. The van der Waals surface area contributed by atoms with E-state index in [1.807, 2.05) is 55.6 Å². The molecule has 2 rings (SSSR count). The van der Waals surface area contributed by atoms with Gasteiger partial charge in [-0.25, -0.2) is 0 Å². The van der Waals surface area contributed by atoms with E-state index in [-0.39, 0.29) is 0 Å². The van der Waals surface area contributed by atoms with Crippen molar-refractivity contribution in [2.45, 2.75) is 13.1 Å². The van der Waals surface area contributed by atoms with Gasteiger partial charge in [-0.3, -0.25) is 0 Å². The van der Waals surface area contributed by atoms with Gasteiger partial charge in [0, 0.05) is 13.1 Å². The number of nitrogens with one attached hydrogen (secondary N) is 2. The van der Waals surface area contributed by atoms with Crippen molar-refractivity contribution in [3.8, 4) is 0 Å². The molecule has 2 aromatic rings. The van der Waals surface area contributed by atoms with Gasteiger partial charge in [0.25, 0.3) is 0 Å². The second kappa shape index (κ2) is 12.5. The molecule has 0 saturated carbocycles. The van der Waals surface area contributed by atoms with E-state index in [1.54, 1.807) is 0 Å². The Morgan fingerprint density at radius 1 is 0.895 bits per heavy atom. The topological polar surface area (TPSA) is 61.9 Å². The fraction of sp³-hybridized carbons (Fsp3) is 0.188. The summed E-state index contributed by atoms with van der Waals surface area (Å²) in [6.07, 6.45) is 0. The highest BCUT2D eigenvalue weighted by Crippen LogP contribution is 1.95. The minimum atomic E-state index is 0.640. The molecule has 3 nitrogen and oxygen atoms in total. The molecular formula is C16H23N3. The summed E-state index contributed by atoms with van der Waals surface area (Å²) < 4.78 is 0. The lowest BCUT2D eigenvalue weighted by Gasteiger charge is -1.95. The second-order valence-corrected chi connectivity index (χ2v) is 3.71. The standard InChI is InChI=1S/C8H11N.C7H9N.CH3N/c1-9-7-8-5-3-2-4-6-8;8-6-7-4-2-1-3-5-7;1-2/h2-6,9H,7H2,1H3;1-5H,6,8H2;2H,1H2. The fourth-order valence-electron chi connectivity index (χ4n) is 1.41. The summed E-state index contributed by atoms with van der Waals surface area (Å²) in [6.45, 7) is 4.10. The Labute approximate surface area is 116 Å². The molecule has 0 heterocycles. The maximum absolute atomic E-state index is 5.50. The highest BCUT2D eigenvalue weighted by molar-refractivity contribution is 5.16. The molecule has 0 aliphatic carbocycles. The maximum atomic E-state index is 5.50. The molecule has 102 valence electrons. The lowest BCUT2D eigenvalue weighted by Crippen LogP contribution is -2.04. The molecule has 0 saturated heterocycles. The van der Waals surface area contributed by atoms with Crippen LogP contribution in [-0.4, -0.2) is 13.8 Å². The van der Waals surface area contributed by atoms with Gasteiger partial charge < -0.3 is 16.5 Å². The van der Waals surface area contributed by atoms with Crippen molar-refractivity contribution in [1.29, 1.82) is 5.41 Å². The zero-order valence-corrected chi connectivity index (χ0v) is 11.5. The summed E-state index contributed by atoms with van der Waals surface area (Å²) in [7, 11) is 1.95. The summed E-state index contributed by atoms with van der Waals surface area (Å²) in [5.74, 6) is 0. The number of benzene rings is 2. The van der Waals surface area contributed by atoms with Gasteiger partial charge in [-0.1, -0.05) is 60.7 Å². The van der Waals surface area contributed by atoms with E-state index in [0.717, 1.165) is 6.54 Å². The molecule has 0 fully saturated rings. The molecule has 0 unspecified atom stereocenters. The number of rotatable bonds is 3. The molecule has 3 heteroatoms. The van der Waals surface area contributed by atoms with Crippen molar-refractivity contribution in [3.05, 3.63) is 71.8 Å². The van der Waals surface area contributed by atoms with Crippen LogP contribution in [0.5, 0.6) is 0 Å². The van der Waals surface area contributed by atoms with E-state index in [0.29, 0.717) is 6.54 Å². The second-order valence-electron chi connectivity index (χ2n) is 3.71. The summed E-state index contributed by atoms with van der Waals surface area (Å²) in [5, 5.41) is 8.58. The van der Waals surface area contributed by atoms with Crippen LogP contribution in [0.25, 0.3) is 0 Å². The van der Waals surface area contributed by atoms with Crippen molar-refractivity contribution in [2.24, 2.45) is 5.73 Å². The van der Waals surface area contributed by atoms with Crippen molar-refractivity contribution >= 4 is 6.72 Å². The van der Waals surface area contributed by atoms with Crippen molar-refractivity contribution < 1.29 is 0 Å². The molecule has 0 radical (unpaired) electrons. The van der Waals surface area contributed by atoms with Crippen LogP contribution in [-0.2, 0) is 13.1 Å². The van der Waals surface area contributed by atoms with Crippen molar-refractivity contribution in [2.75, 3.05) is 7.05 Å². The SMILES string of the molecule is C=N.CNCc1ccccc1.NCc1ccccc1. The lowest BCUT2D eigenvalue weighted by atomic mass is 10.2. The van der Waals surface area contributed by atoms with Gasteiger partial charge in [0.15, 0.2) is 0 Å². The Hall–Kier alpha value is -1.97. The maximum Gasteiger partial charge on any atom is 0.0202 e. The molecule has 0 aliphatic heterocycles. The van der Waals surface area contributed by atoms with E-state index >= 15 is 0 Å². The van der Waals surface area contributed by atoms with Gasteiger partial charge in [0.2, 0.25) is 0 Å². The number of hydrogen-bond acceptors (Lipinski definition) is 3. The van der Waals surface area contributed by atoms with Gasteiger partial charge in [0.1, 0.15) is 0 Å². The van der Waals surface area contributed by atoms with Crippen LogP contribution in [0.4, 0.5) is 0 Å². The highest BCUT2D eigenvalue weighted by atomic mass is 14.8. The Kier molecular flexibility index (Phi) is 11.2. The molecule has 0 amide bonds. The predicted molar refractivity (Wildman–Crippen MR) is 83.4 cm³/mol. The molecule has 0 spiro atoms. The molecule has 4 N–H and O–H groups in total. The van der Waals surface area contributed by atoms with Crippen LogP contribution < -0.4 is 11.1 Å². The van der Waals surface area contributed by atoms with E-state index in [2.05, 4.69) is 24.2 Å². The quantitative estimate of drug-likeness (QED) is 0.740. The van der Waals surface area contributed by atoms with Crippen LogP contribution >= 0.6 is 0 Å². The molecule has 19 heavy (non-hydrogen) atoms. The highest BCUT2D eigenvalue weighted by Gasteiger charge is 1.83. The van der Waals surface area contributed by atoms with Crippen LogP contribution in [0.15, 0.2) is 60.7 Å². The van der Waals surface area contributed by atoms with Crippen LogP contribution in [0.3, 0.4) is 0 Å². The third-order valence-electron chi connectivity index (χ3n) is 2.30. The Morgan fingerprint density at radius 2 is 1.32 bits per heavy atom. The zero-order chi connectivity index (χ0) is 14.3. The molecule has 0 bridgehead atoms. The molecule has 2 aromatic carbocycles. The minimum absolute atomic E-state index is 0.640. The van der Waals surface area contributed by atoms with Crippen LogP contribution in [0.1, 0.15) is 11.1 Å². The van der Waals surface area contributed by atoms with Crippen molar-refractivity contribution in [3.63, 3.8) is 0 Å². The predicted octanol–water partition coefficient (Wildman–Crippen LogP) is 2.82. The van der Waals surface area contributed by atoms with Crippen LogP contribution in [0.2, 0.25) is 0 Å². The lowest BCUT2D eigenvalue weighted by molar-refractivity contribution is 0.818. The van der Waals surface area contributed by atoms with E-state index in [1.165, 1.54) is 11.1 Å². The smallest absolute Gasteiger partial charge is 0.0202 e. The van der Waals surface area contributed by atoms with Crippen LogP contribution in [0, 0.1) is 5.41 Å². The largest absolute Gasteiger partial charge is 0.326 e. The first-order chi connectivity index (χ1) is 9.36. The van der Waals surface area contributed by atoms with Crippen molar-refractivity contribution in [1.82, 2.24) is 5.32 Å². The summed E-state index contributed by atoms with van der Waals surface area (Å²) >= 11 is 0. The third kappa shape index (κ3) is 8.71. The van der Waals surface area contributed by atoms with E-state index in [9.17, 15) is 0 Å². The van der Waals surface area contributed by atoms with Gasteiger partial charge in [0.05, 0.1) is 0 Å². The zero-order valence-electron chi connectivity index (χ0n) is 11.5. The first kappa shape index (κ1) is 17.0. The first-order valence-corrected chi connectivity index (χ1v) is 6.14. The average Bonchev–Trinajstić information content (AvgIpc) is 2.52. The van der Waals surface area contributed by atoms with Gasteiger partial charge in [-0.15, -0.1) is 0 Å². The summed E-state index contributed by atoms with van der Waals surface area (Å²) in [5.41, 5.74) is 7.87. The molecule has 0 aliphatic rings. The number of hydrogen-bond donors (Lipinski definition) is 3. The average molecular weight is 257 g/mol. The molecule has 0 atom stereocenters. The normalized spacial score (nSPS) is 8.53. The van der Waals surface area contributed by atoms with Gasteiger partial charge in [-0.2, -0.15) is 0 Å². The minimum Gasteiger partial charge on any atom is -0.326 e. The first-order valence-electron chi connectivity index (χ1n) is 6.14. The monoisotopic (exact) mass is 257 g/mol. The number of nitrogens with two attached hydrogens (primary N) is 1. The fourth-order valence-corrected chi connectivity index (χ4v) is 1.41. The third-order valence-corrected chi connectivity index (χ3v) is 2.30. The van der Waals surface area contributed by atoms with E-state index in [4.69, 9.17) is 11.1 Å². The Morgan fingerprint density at radius 3 is 1.63 bits per heavy atom. The summed E-state index contributed by atoms with van der Waals surface area (Å²) in [4.78, 5) is 0. The van der Waals surface area contributed by atoms with Gasteiger partial charge in [-0.05, 0) is 24.9 Å². The van der Waals surface area contributed by atoms with Gasteiger partial charge >= 0.3 is 0 Å². The molecule has 0 aromatic heterocycles. The van der Waals surface area contributed by atoms with E-state index < -0.39 is 0 Å². The molecular weight excluding hydrogens is 234 g/mol. The Bertz CT molecular complexity index is 401. The summed E-state index contributed by atoms with van der Waals surface area (Å²) in [6, 6.07) is 20.3.